The molecule has 16 heavy (non-hydrogen) atoms. The number of benzene rings is 2. The Hall–Kier alpha value is -1.96. The van der Waals surface area contributed by atoms with Gasteiger partial charge < -0.3 is 0 Å². The van der Waals surface area contributed by atoms with Gasteiger partial charge in [0.15, 0.2) is 11.6 Å². The summed E-state index contributed by atoms with van der Waals surface area (Å²) in [7, 11) is 0. The lowest BCUT2D eigenvalue weighted by Crippen LogP contribution is -1.95. The van der Waals surface area contributed by atoms with Crippen molar-refractivity contribution < 1.29 is 9.59 Å². The molecule has 0 atom stereocenters. The summed E-state index contributed by atoms with van der Waals surface area (Å²) in [5.74, 6) is 0.357. The highest BCUT2D eigenvalue weighted by molar-refractivity contribution is 6.23. The summed E-state index contributed by atoms with van der Waals surface area (Å²) < 4.78 is 0. The van der Waals surface area contributed by atoms with E-state index in [0.717, 1.165) is 33.0 Å². The van der Waals surface area contributed by atoms with Crippen LogP contribution in [0.25, 0.3) is 10.8 Å². The Balaban J connectivity index is 2.32. The minimum atomic E-state index is 0.179. The van der Waals surface area contributed by atoms with Crippen LogP contribution in [-0.2, 0) is 12.8 Å². The van der Waals surface area contributed by atoms with Gasteiger partial charge in [-0.3, -0.25) is 9.59 Å². The Morgan fingerprint density at radius 3 is 1.56 bits per heavy atom. The lowest BCUT2D eigenvalue weighted by atomic mass is 10.0. The van der Waals surface area contributed by atoms with E-state index in [0.29, 0.717) is 12.8 Å². The zero-order chi connectivity index (χ0) is 10.9. The normalized spacial score (nSPS) is 16.5. The number of carbonyl (C=O) groups excluding carboxylic acids is 2. The minimum absolute atomic E-state index is 0.179. The third-order valence-corrected chi connectivity index (χ3v) is 3.64. The molecule has 0 radical (unpaired) electrons. The molecule has 4 rings (SSSR count). The van der Waals surface area contributed by atoms with Crippen molar-refractivity contribution in [3.05, 3.63) is 46.5 Å². The van der Waals surface area contributed by atoms with Crippen LogP contribution in [-0.4, -0.2) is 11.6 Å². The quantitative estimate of drug-likeness (QED) is 0.665. The van der Waals surface area contributed by atoms with Crippen molar-refractivity contribution in [3.8, 4) is 0 Å². The largest absolute Gasteiger partial charge is 0.294 e. The molecule has 2 aliphatic rings. The van der Waals surface area contributed by atoms with Crippen molar-refractivity contribution in [3.63, 3.8) is 0 Å². The average Bonchev–Trinajstić information content (AvgIpc) is 2.75. The highest BCUT2D eigenvalue weighted by atomic mass is 16.1. The summed E-state index contributed by atoms with van der Waals surface area (Å²) in [6.07, 6.45) is 0.980. The van der Waals surface area contributed by atoms with Crippen molar-refractivity contribution in [1.29, 1.82) is 0 Å². The van der Waals surface area contributed by atoms with E-state index in [9.17, 15) is 9.59 Å². The molecule has 0 saturated heterocycles. The fraction of sp³-hybridized carbons (Fsp3) is 0.143. The second-order valence-corrected chi connectivity index (χ2v) is 4.49. The van der Waals surface area contributed by atoms with Crippen molar-refractivity contribution in [2.75, 3.05) is 0 Å². The van der Waals surface area contributed by atoms with Gasteiger partial charge in [0.1, 0.15) is 0 Å². The summed E-state index contributed by atoms with van der Waals surface area (Å²) in [4.78, 5) is 23.6. The molecule has 0 heterocycles. The molecule has 0 fully saturated rings. The maximum absolute atomic E-state index is 11.8. The summed E-state index contributed by atoms with van der Waals surface area (Å²) >= 11 is 0. The van der Waals surface area contributed by atoms with E-state index in [1.165, 1.54) is 0 Å². The topological polar surface area (TPSA) is 34.1 Å². The van der Waals surface area contributed by atoms with Gasteiger partial charge in [0, 0.05) is 24.0 Å². The highest BCUT2D eigenvalue weighted by Crippen LogP contribution is 2.38. The van der Waals surface area contributed by atoms with E-state index in [1.54, 1.807) is 0 Å². The van der Waals surface area contributed by atoms with Gasteiger partial charge in [-0.2, -0.15) is 0 Å². The number of hydrogen-bond acceptors (Lipinski definition) is 2. The lowest BCUT2D eigenvalue weighted by molar-refractivity contribution is 0.0992. The molecule has 76 valence electrons. The SMILES string of the molecule is O=C1Cc2ccc3c4c(ccc1c24)CC3=O. The second-order valence-electron chi connectivity index (χ2n) is 4.49. The number of hydrogen-bond donors (Lipinski definition) is 0. The smallest absolute Gasteiger partial charge is 0.167 e. The fourth-order valence-corrected chi connectivity index (χ4v) is 2.93. The molecular formula is C14H8O2. The van der Waals surface area contributed by atoms with E-state index in [2.05, 4.69) is 0 Å². The van der Waals surface area contributed by atoms with Gasteiger partial charge in [-0.15, -0.1) is 0 Å². The molecule has 2 aromatic carbocycles. The summed E-state index contributed by atoms with van der Waals surface area (Å²) in [5, 5.41) is 2.07. The standard InChI is InChI=1S/C14H8O2/c15-11-5-7-1-3-9-12(16)6-8-2-4-10(11)13(7)14(8)9/h1-4H,5-6H2. The number of Topliss-reactive ketones (excluding diaryl/α,β-unsaturated/α-hetero) is 2. The van der Waals surface area contributed by atoms with Gasteiger partial charge in [0.25, 0.3) is 0 Å². The van der Waals surface area contributed by atoms with Gasteiger partial charge in [-0.05, 0) is 21.9 Å². The molecular weight excluding hydrogens is 200 g/mol. The first-order valence-electron chi connectivity index (χ1n) is 5.39. The molecule has 0 unspecified atom stereocenters. The van der Waals surface area contributed by atoms with Crippen LogP contribution in [0.4, 0.5) is 0 Å². The van der Waals surface area contributed by atoms with E-state index >= 15 is 0 Å². The zero-order valence-corrected chi connectivity index (χ0v) is 8.54. The van der Waals surface area contributed by atoms with E-state index < -0.39 is 0 Å². The van der Waals surface area contributed by atoms with Crippen molar-refractivity contribution in [2.45, 2.75) is 12.8 Å². The third-order valence-electron chi connectivity index (χ3n) is 3.64. The first kappa shape index (κ1) is 8.22. The van der Waals surface area contributed by atoms with Gasteiger partial charge in [-0.1, -0.05) is 24.3 Å². The van der Waals surface area contributed by atoms with Crippen LogP contribution >= 0.6 is 0 Å². The first-order chi connectivity index (χ1) is 7.75. The number of ketones is 2. The lowest BCUT2D eigenvalue weighted by Gasteiger charge is -2.02. The van der Waals surface area contributed by atoms with Crippen LogP contribution in [0.2, 0.25) is 0 Å². The molecule has 2 aliphatic carbocycles. The highest BCUT2D eigenvalue weighted by Gasteiger charge is 2.29. The number of carbonyl (C=O) groups is 2. The Morgan fingerprint density at radius 2 is 1.12 bits per heavy atom. The average molecular weight is 208 g/mol. The van der Waals surface area contributed by atoms with E-state index in [4.69, 9.17) is 0 Å². The van der Waals surface area contributed by atoms with Gasteiger partial charge in [-0.25, -0.2) is 0 Å². The Labute approximate surface area is 91.9 Å². The molecule has 0 amide bonds. The van der Waals surface area contributed by atoms with Crippen molar-refractivity contribution in [1.82, 2.24) is 0 Å². The van der Waals surface area contributed by atoms with Crippen molar-refractivity contribution in [2.24, 2.45) is 0 Å². The summed E-state index contributed by atoms with van der Waals surface area (Å²) in [5.41, 5.74) is 3.75. The summed E-state index contributed by atoms with van der Waals surface area (Å²) in [6.45, 7) is 0. The Morgan fingerprint density at radius 1 is 0.688 bits per heavy atom. The molecule has 2 nitrogen and oxygen atoms in total. The monoisotopic (exact) mass is 208 g/mol. The molecule has 2 aromatic rings. The predicted octanol–water partition coefficient (Wildman–Crippen LogP) is 2.32. The Bertz CT molecular complexity index is 634. The molecule has 0 aromatic heterocycles. The molecule has 2 heteroatoms. The van der Waals surface area contributed by atoms with Crippen LogP contribution in [0.5, 0.6) is 0 Å². The second kappa shape index (κ2) is 2.40. The third kappa shape index (κ3) is 0.757. The molecule has 0 N–H and O–H groups in total. The molecule has 0 spiro atoms. The molecule has 0 bridgehead atoms. The van der Waals surface area contributed by atoms with Gasteiger partial charge >= 0.3 is 0 Å². The van der Waals surface area contributed by atoms with Crippen LogP contribution in [0.1, 0.15) is 31.8 Å². The molecule has 0 saturated carbocycles. The fourth-order valence-electron chi connectivity index (χ4n) is 2.93. The maximum Gasteiger partial charge on any atom is 0.167 e. The van der Waals surface area contributed by atoms with E-state index in [1.807, 2.05) is 24.3 Å². The van der Waals surface area contributed by atoms with Gasteiger partial charge in [0.05, 0.1) is 0 Å². The van der Waals surface area contributed by atoms with Crippen LogP contribution in [0.3, 0.4) is 0 Å². The van der Waals surface area contributed by atoms with Gasteiger partial charge in [0.2, 0.25) is 0 Å². The predicted molar refractivity (Wildman–Crippen MR) is 60.0 cm³/mol. The van der Waals surface area contributed by atoms with E-state index in [-0.39, 0.29) is 11.6 Å². The van der Waals surface area contributed by atoms with Crippen LogP contribution in [0, 0.1) is 0 Å². The molecule has 0 aliphatic heterocycles. The summed E-state index contributed by atoms with van der Waals surface area (Å²) in [6, 6.07) is 7.61. The van der Waals surface area contributed by atoms with Crippen molar-refractivity contribution >= 4 is 22.3 Å². The first-order valence-corrected chi connectivity index (χ1v) is 5.39. The minimum Gasteiger partial charge on any atom is -0.294 e. The Kier molecular flexibility index (Phi) is 1.24. The van der Waals surface area contributed by atoms with Crippen LogP contribution < -0.4 is 0 Å². The van der Waals surface area contributed by atoms with Crippen LogP contribution in [0.15, 0.2) is 24.3 Å². The zero-order valence-electron chi connectivity index (χ0n) is 8.54. The maximum atomic E-state index is 11.8. The number of rotatable bonds is 0.